The second-order valence-electron chi connectivity index (χ2n) is 7.83. The van der Waals surface area contributed by atoms with Gasteiger partial charge in [0.15, 0.2) is 17.4 Å². The van der Waals surface area contributed by atoms with Gasteiger partial charge in [-0.1, -0.05) is 36.4 Å². The molecule has 2 amide bonds. The van der Waals surface area contributed by atoms with Crippen LogP contribution in [0.25, 0.3) is 0 Å². The van der Waals surface area contributed by atoms with Crippen LogP contribution in [0, 0.1) is 11.6 Å². The van der Waals surface area contributed by atoms with Gasteiger partial charge >= 0.3 is 0 Å². The van der Waals surface area contributed by atoms with Gasteiger partial charge in [-0.3, -0.25) is 9.59 Å². The van der Waals surface area contributed by atoms with Gasteiger partial charge in [-0.25, -0.2) is 8.78 Å². The van der Waals surface area contributed by atoms with Gasteiger partial charge in [0.25, 0.3) is 0 Å². The van der Waals surface area contributed by atoms with E-state index in [0.717, 1.165) is 17.7 Å². The molecular weight excluding hydrogens is 378 g/mol. The Morgan fingerprint density at radius 1 is 1.14 bits per heavy atom. The van der Waals surface area contributed by atoms with Gasteiger partial charge in [0.05, 0.1) is 31.5 Å². The van der Waals surface area contributed by atoms with Crippen molar-refractivity contribution in [2.24, 2.45) is 0 Å². The predicted octanol–water partition coefficient (Wildman–Crippen LogP) is 2.81. The van der Waals surface area contributed by atoms with E-state index in [1.165, 1.54) is 6.07 Å². The van der Waals surface area contributed by atoms with Gasteiger partial charge in [-0.2, -0.15) is 0 Å². The molecule has 0 bridgehead atoms. The molecule has 29 heavy (non-hydrogen) atoms. The maximum absolute atomic E-state index is 13.5. The molecule has 0 radical (unpaired) electrons. The second-order valence-corrected chi connectivity index (χ2v) is 7.83. The van der Waals surface area contributed by atoms with Gasteiger partial charge in [0.1, 0.15) is 0 Å². The monoisotopic (exact) mass is 398 g/mol. The number of hydrogen-bond acceptors (Lipinski definition) is 3. The number of hydrogen-bond donors (Lipinski definition) is 0. The number of halogens is 2. The maximum Gasteiger partial charge on any atom is 0.227 e. The number of benzene rings is 2. The first-order chi connectivity index (χ1) is 14.0. The molecule has 0 aliphatic carbocycles. The normalized spacial score (nSPS) is 28.0. The number of likely N-dealkylation sites (tertiary alicyclic amines) is 1. The van der Waals surface area contributed by atoms with Crippen LogP contribution in [0.1, 0.15) is 30.0 Å². The Kier molecular flexibility index (Phi) is 4.17. The zero-order chi connectivity index (χ0) is 20.2. The van der Waals surface area contributed by atoms with Crippen LogP contribution < -0.4 is 0 Å². The summed E-state index contributed by atoms with van der Waals surface area (Å²) in [6.07, 6.45) is 0.725. The Labute approximate surface area is 166 Å². The molecule has 1 spiro atoms. The highest BCUT2D eigenvalue weighted by Crippen LogP contribution is 2.51. The van der Waals surface area contributed by atoms with E-state index in [-0.39, 0.29) is 36.7 Å². The van der Waals surface area contributed by atoms with Gasteiger partial charge in [-0.15, -0.1) is 0 Å². The smallest absolute Gasteiger partial charge is 0.227 e. The van der Waals surface area contributed by atoms with Crippen LogP contribution in [-0.2, 0) is 20.7 Å². The molecule has 7 heteroatoms. The molecule has 150 valence electrons. The minimum Gasteiger partial charge on any atom is -0.351 e. The molecule has 3 saturated heterocycles. The summed E-state index contributed by atoms with van der Waals surface area (Å²) in [5.41, 5.74) is 0.636. The third-order valence-corrected chi connectivity index (χ3v) is 6.30. The number of nitrogens with zero attached hydrogens (tertiary/aromatic N) is 2. The average molecular weight is 398 g/mol. The number of ether oxygens (including phenoxy) is 1. The van der Waals surface area contributed by atoms with Gasteiger partial charge < -0.3 is 14.5 Å². The lowest BCUT2D eigenvalue weighted by molar-refractivity contribution is -0.141. The molecule has 0 aromatic heterocycles. The number of carbonyl (C=O) groups excluding carboxylic acids is 2. The van der Waals surface area contributed by atoms with Crippen LogP contribution in [0.5, 0.6) is 0 Å². The summed E-state index contributed by atoms with van der Waals surface area (Å²) in [4.78, 5) is 29.3. The predicted molar refractivity (Wildman–Crippen MR) is 99.5 cm³/mol. The van der Waals surface area contributed by atoms with E-state index in [2.05, 4.69) is 0 Å². The third-order valence-electron chi connectivity index (χ3n) is 6.30. The summed E-state index contributed by atoms with van der Waals surface area (Å²) >= 11 is 0. The van der Waals surface area contributed by atoms with Crippen LogP contribution in [0.15, 0.2) is 48.5 Å². The average Bonchev–Trinajstić information content (AvgIpc) is 3.34. The van der Waals surface area contributed by atoms with E-state index >= 15 is 0 Å². The Bertz CT molecular complexity index is 983. The van der Waals surface area contributed by atoms with Crippen molar-refractivity contribution in [1.82, 2.24) is 9.80 Å². The summed E-state index contributed by atoms with van der Waals surface area (Å²) in [7, 11) is 0. The quantitative estimate of drug-likeness (QED) is 0.799. The number of rotatable bonds is 3. The molecule has 0 unspecified atom stereocenters. The number of amides is 2. The Hall–Kier alpha value is -2.80. The highest BCUT2D eigenvalue weighted by atomic mass is 19.2. The summed E-state index contributed by atoms with van der Waals surface area (Å²) in [6, 6.07) is 12.7. The molecule has 2 aromatic carbocycles. The summed E-state index contributed by atoms with van der Waals surface area (Å²) in [5.74, 6) is -2.14. The Morgan fingerprint density at radius 3 is 2.69 bits per heavy atom. The zero-order valence-electron chi connectivity index (χ0n) is 15.7. The lowest BCUT2D eigenvalue weighted by Crippen LogP contribution is -2.49. The van der Waals surface area contributed by atoms with Crippen LogP contribution >= 0.6 is 0 Å². The van der Waals surface area contributed by atoms with Crippen molar-refractivity contribution in [2.75, 3.05) is 13.2 Å². The van der Waals surface area contributed by atoms with Crippen molar-refractivity contribution in [1.29, 1.82) is 0 Å². The van der Waals surface area contributed by atoms with Gasteiger partial charge in [0, 0.05) is 13.0 Å². The van der Waals surface area contributed by atoms with Crippen LogP contribution in [0.4, 0.5) is 8.78 Å². The zero-order valence-corrected chi connectivity index (χ0v) is 15.7. The van der Waals surface area contributed by atoms with Crippen molar-refractivity contribution in [3.05, 3.63) is 71.3 Å². The molecule has 0 saturated carbocycles. The molecule has 5 nitrogen and oxygen atoms in total. The highest BCUT2D eigenvalue weighted by molar-refractivity contribution is 5.86. The van der Waals surface area contributed by atoms with Crippen molar-refractivity contribution in [3.8, 4) is 0 Å². The minimum absolute atomic E-state index is 0.0216. The topological polar surface area (TPSA) is 49.9 Å². The standard InChI is InChI=1S/C22H20F2N2O3/c23-16-7-6-14(10-17(16)24)11-20(27)25-9-8-22-19(25)12-21(28)26(22)18(13-29-22)15-4-2-1-3-5-15/h1-7,10,18-19H,8-9,11-13H2/t18-,19+,22-/m0/s1. The summed E-state index contributed by atoms with van der Waals surface area (Å²) in [6.45, 7) is 0.871. The molecule has 3 aliphatic rings. The summed E-state index contributed by atoms with van der Waals surface area (Å²) in [5, 5.41) is 0. The summed E-state index contributed by atoms with van der Waals surface area (Å²) < 4.78 is 32.8. The lowest BCUT2D eigenvalue weighted by atomic mass is 10.0. The third kappa shape index (κ3) is 2.75. The van der Waals surface area contributed by atoms with E-state index < -0.39 is 17.4 Å². The number of carbonyl (C=O) groups is 2. The fourth-order valence-electron chi connectivity index (χ4n) is 4.99. The van der Waals surface area contributed by atoms with Crippen molar-refractivity contribution < 1.29 is 23.1 Å². The largest absolute Gasteiger partial charge is 0.351 e. The minimum atomic E-state index is -0.972. The molecule has 3 fully saturated rings. The molecule has 3 atom stereocenters. The fourth-order valence-corrected chi connectivity index (χ4v) is 4.99. The first-order valence-electron chi connectivity index (χ1n) is 9.74. The van der Waals surface area contributed by atoms with E-state index in [0.29, 0.717) is 25.1 Å². The van der Waals surface area contributed by atoms with Crippen LogP contribution in [0.2, 0.25) is 0 Å². The van der Waals surface area contributed by atoms with E-state index in [1.807, 2.05) is 35.2 Å². The highest BCUT2D eigenvalue weighted by Gasteiger charge is 2.65. The molecule has 2 aromatic rings. The van der Waals surface area contributed by atoms with E-state index in [4.69, 9.17) is 4.74 Å². The van der Waals surface area contributed by atoms with Crippen LogP contribution in [-0.4, -0.2) is 46.5 Å². The molecule has 0 N–H and O–H groups in total. The van der Waals surface area contributed by atoms with Crippen molar-refractivity contribution >= 4 is 11.8 Å². The Balaban J connectivity index is 1.38. The first kappa shape index (κ1) is 18.2. The van der Waals surface area contributed by atoms with E-state index in [1.54, 1.807) is 4.90 Å². The second kappa shape index (κ2) is 6.62. The van der Waals surface area contributed by atoms with Crippen LogP contribution in [0.3, 0.4) is 0 Å². The molecule has 5 rings (SSSR count). The molecule has 3 aliphatic heterocycles. The Morgan fingerprint density at radius 2 is 1.93 bits per heavy atom. The SMILES string of the molecule is O=C(Cc1ccc(F)c(F)c1)N1CC[C@@]23OC[C@@H](c4ccccc4)N2C(=O)C[C@@H]13. The maximum atomic E-state index is 13.5. The lowest BCUT2D eigenvalue weighted by Gasteiger charge is -2.33. The fraction of sp³-hybridized carbons (Fsp3) is 0.364. The van der Waals surface area contributed by atoms with Crippen molar-refractivity contribution in [3.63, 3.8) is 0 Å². The first-order valence-corrected chi connectivity index (χ1v) is 9.74. The van der Waals surface area contributed by atoms with Gasteiger partial charge in [0.2, 0.25) is 11.8 Å². The van der Waals surface area contributed by atoms with E-state index in [9.17, 15) is 18.4 Å². The molecule has 3 heterocycles. The van der Waals surface area contributed by atoms with Gasteiger partial charge in [-0.05, 0) is 23.3 Å². The van der Waals surface area contributed by atoms with Crippen molar-refractivity contribution in [2.45, 2.75) is 37.1 Å². The molecular formula is C22H20F2N2O3.